The molecule has 4 aliphatic rings. The Bertz CT molecular complexity index is 583. The lowest BCUT2D eigenvalue weighted by atomic mass is 10.1. The molecule has 1 unspecified atom stereocenters. The molecule has 1 atom stereocenters. The molecule has 3 fully saturated rings. The van der Waals surface area contributed by atoms with Gasteiger partial charge in [0.1, 0.15) is 5.82 Å². The minimum atomic E-state index is -0.366. The Labute approximate surface area is 123 Å². The Morgan fingerprint density at radius 3 is 2.71 bits per heavy atom. The van der Waals surface area contributed by atoms with Gasteiger partial charge in [-0.1, -0.05) is 0 Å². The van der Waals surface area contributed by atoms with E-state index in [2.05, 4.69) is 20.1 Å². The van der Waals surface area contributed by atoms with Gasteiger partial charge >= 0.3 is 5.97 Å². The van der Waals surface area contributed by atoms with Gasteiger partial charge in [0, 0.05) is 51.4 Å². The Hall–Kier alpha value is -1.57. The number of hydrogen-bond acceptors (Lipinski definition) is 7. The van der Waals surface area contributed by atoms with Crippen molar-refractivity contribution in [3.05, 3.63) is 22.8 Å². The monoisotopic (exact) mass is 289 g/mol. The van der Waals surface area contributed by atoms with E-state index in [1.807, 2.05) is 0 Å². The lowest BCUT2D eigenvalue weighted by Crippen LogP contribution is -2.57. The Morgan fingerprint density at radius 2 is 2.05 bits per heavy atom. The standard InChI is InChI=1S/C14H19N5O2/c1-21-14(20)12-9-6-15-7-10(9)16-13(17-12)11-8-18-2-4-19(11)5-3-18/h11,15H,2-8H2,1H3. The van der Waals surface area contributed by atoms with Crippen LogP contribution in [0.5, 0.6) is 0 Å². The maximum absolute atomic E-state index is 12.0. The number of ether oxygens (including phenoxy) is 1. The lowest BCUT2D eigenvalue weighted by molar-refractivity contribution is 0.00837. The first-order chi connectivity index (χ1) is 10.3. The third-order valence-corrected chi connectivity index (χ3v) is 4.66. The molecule has 7 nitrogen and oxygen atoms in total. The van der Waals surface area contributed by atoms with Crippen molar-refractivity contribution in [2.45, 2.75) is 19.1 Å². The molecule has 0 amide bonds. The van der Waals surface area contributed by atoms with Gasteiger partial charge in [-0.15, -0.1) is 0 Å². The largest absolute Gasteiger partial charge is 0.464 e. The van der Waals surface area contributed by atoms with Gasteiger partial charge in [-0.25, -0.2) is 14.8 Å². The molecule has 21 heavy (non-hydrogen) atoms. The molecule has 1 aromatic rings. The van der Waals surface area contributed by atoms with Crippen LogP contribution in [0.4, 0.5) is 0 Å². The summed E-state index contributed by atoms with van der Waals surface area (Å²) in [5.41, 5.74) is 2.26. The topological polar surface area (TPSA) is 70.6 Å². The van der Waals surface area contributed by atoms with Gasteiger partial charge in [-0.2, -0.15) is 0 Å². The van der Waals surface area contributed by atoms with Crippen molar-refractivity contribution in [3.63, 3.8) is 0 Å². The number of methoxy groups -OCH3 is 1. The van der Waals surface area contributed by atoms with Crippen molar-refractivity contribution in [1.29, 1.82) is 0 Å². The molecule has 0 spiro atoms. The first-order valence-corrected chi connectivity index (χ1v) is 7.41. The van der Waals surface area contributed by atoms with E-state index >= 15 is 0 Å². The van der Waals surface area contributed by atoms with Crippen molar-refractivity contribution in [1.82, 2.24) is 25.1 Å². The van der Waals surface area contributed by atoms with Gasteiger partial charge in [0.15, 0.2) is 5.69 Å². The van der Waals surface area contributed by atoms with Crippen molar-refractivity contribution >= 4 is 5.97 Å². The highest BCUT2D eigenvalue weighted by atomic mass is 16.5. The number of esters is 1. The Morgan fingerprint density at radius 1 is 1.24 bits per heavy atom. The normalized spacial score (nSPS) is 30.2. The van der Waals surface area contributed by atoms with E-state index in [1.165, 1.54) is 7.11 Å². The molecular formula is C14H19N5O2. The fraction of sp³-hybridized carbons (Fsp3) is 0.643. The van der Waals surface area contributed by atoms with Gasteiger partial charge in [0.2, 0.25) is 0 Å². The van der Waals surface area contributed by atoms with Crippen LogP contribution < -0.4 is 5.32 Å². The maximum Gasteiger partial charge on any atom is 0.357 e. The lowest BCUT2D eigenvalue weighted by Gasteiger charge is -2.46. The highest BCUT2D eigenvalue weighted by Gasteiger charge is 2.36. The highest BCUT2D eigenvalue weighted by molar-refractivity contribution is 5.89. The van der Waals surface area contributed by atoms with Crippen molar-refractivity contribution in [3.8, 4) is 0 Å². The van der Waals surface area contributed by atoms with Crippen LogP contribution in [0.1, 0.15) is 33.6 Å². The molecule has 1 N–H and O–H groups in total. The highest BCUT2D eigenvalue weighted by Crippen LogP contribution is 2.28. The first-order valence-electron chi connectivity index (χ1n) is 7.41. The second-order valence-electron chi connectivity index (χ2n) is 5.80. The molecule has 0 radical (unpaired) electrons. The summed E-state index contributed by atoms with van der Waals surface area (Å²) in [4.78, 5) is 26.2. The first kappa shape index (κ1) is 13.1. The number of fused-ring (bicyclic) bond motifs is 4. The van der Waals surface area contributed by atoms with Crippen molar-refractivity contribution < 1.29 is 9.53 Å². The molecule has 0 aromatic carbocycles. The van der Waals surface area contributed by atoms with Crippen LogP contribution in [-0.4, -0.2) is 65.6 Å². The summed E-state index contributed by atoms with van der Waals surface area (Å²) in [5.74, 6) is 0.400. The number of nitrogens with zero attached hydrogens (tertiary/aromatic N) is 4. The SMILES string of the molecule is COC(=O)c1nc(C2CN3CCN2CC3)nc2c1CNC2. The predicted octanol–water partition coefficient (Wildman–Crippen LogP) is -0.461. The summed E-state index contributed by atoms with van der Waals surface area (Å²) in [6.45, 7) is 6.63. The fourth-order valence-electron chi connectivity index (χ4n) is 3.46. The average Bonchev–Trinajstić information content (AvgIpc) is 3.02. The van der Waals surface area contributed by atoms with Crippen LogP contribution in [0.2, 0.25) is 0 Å². The predicted molar refractivity (Wildman–Crippen MR) is 74.7 cm³/mol. The minimum absolute atomic E-state index is 0.196. The third-order valence-electron chi connectivity index (χ3n) is 4.66. The van der Waals surface area contributed by atoms with Crippen LogP contribution in [0.25, 0.3) is 0 Å². The second-order valence-corrected chi connectivity index (χ2v) is 5.80. The second kappa shape index (κ2) is 5.01. The molecule has 7 heteroatoms. The molecule has 4 aliphatic heterocycles. The maximum atomic E-state index is 12.0. The summed E-state index contributed by atoms with van der Waals surface area (Å²) >= 11 is 0. The zero-order valence-corrected chi connectivity index (χ0v) is 12.1. The van der Waals surface area contributed by atoms with Crippen LogP contribution in [-0.2, 0) is 17.8 Å². The van der Waals surface area contributed by atoms with Gasteiger partial charge < -0.3 is 10.1 Å². The van der Waals surface area contributed by atoms with Gasteiger partial charge in [-0.3, -0.25) is 9.80 Å². The summed E-state index contributed by atoms with van der Waals surface area (Å²) in [6, 6.07) is 0.196. The van der Waals surface area contributed by atoms with E-state index < -0.39 is 0 Å². The molecule has 5 rings (SSSR count). The van der Waals surface area contributed by atoms with E-state index in [9.17, 15) is 4.79 Å². The van der Waals surface area contributed by atoms with Crippen LogP contribution in [0.15, 0.2) is 0 Å². The van der Waals surface area contributed by atoms with Crippen LogP contribution in [0.3, 0.4) is 0 Å². The number of piperazine rings is 3. The van der Waals surface area contributed by atoms with E-state index in [1.54, 1.807) is 0 Å². The van der Waals surface area contributed by atoms with Gasteiger partial charge in [0.25, 0.3) is 0 Å². The molecule has 2 bridgehead atoms. The summed E-state index contributed by atoms with van der Waals surface area (Å²) in [6.07, 6.45) is 0. The van der Waals surface area contributed by atoms with Crippen LogP contribution >= 0.6 is 0 Å². The molecule has 0 saturated carbocycles. The van der Waals surface area contributed by atoms with Gasteiger partial charge in [-0.05, 0) is 0 Å². The summed E-state index contributed by atoms with van der Waals surface area (Å²) in [5, 5.41) is 3.24. The van der Waals surface area contributed by atoms with E-state index in [4.69, 9.17) is 9.72 Å². The Balaban J connectivity index is 1.74. The third kappa shape index (κ3) is 2.12. The number of aromatic nitrogens is 2. The summed E-state index contributed by atoms with van der Waals surface area (Å²) < 4.78 is 4.88. The molecule has 1 aromatic heterocycles. The minimum Gasteiger partial charge on any atom is -0.464 e. The quantitative estimate of drug-likeness (QED) is 0.739. The van der Waals surface area contributed by atoms with Gasteiger partial charge in [0.05, 0.1) is 18.8 Å². The zero-order chi connectivity index (χ0) is 14.4. The molecule has 112 valence electrons. The average molecular weight is 289 g/mol. The van der Waals surface area contributed by atoms with Crippen LogP contribution in [0, 0.1) is 0 Å². The molecule has 3 saturated heterocycles. The van der Waals surface area contributed by atoms with E-state index in [-0.39, 0.29) is 12.0 Å². The zero-order valence-electron chi connectivity index (χ0n) is 12.1. The molecular weight excluding hydrogens is 270 g/mol. The van der Waals surface area contributed by atoms with Crippen molar-refractivity contribution in [2.75, 3.05) is 39.8 Å². The number of carbonyl (C=O) groups excluding carboxylic acids is 1. The van der Waals surface area contributed by atoms with E-state index in [0.717, 1.165) is 49.8 Å². The number of rotatable bonds is 2. The Kier molecular flexibility index (Phi) is 3.13. The molecule has 5 heterocycles. The molecule has 0 aliphatic carbocycles. The smallest absolute Gasteiger partial charge is 0.357 e. The number of nitrogens with one attached hydrogen (secondary N) is 1. The summed E-state index contributed by atoms with van der Waals surface area (Å²) in [7, 11) is 1.40. The number of hydrogen-bond donors (Lipinski definition) is 1. The van der Waals surface area contributed by atoms with E-state index in [0.29, 0.717) is 18.8 Å². The fourth-order valence-corrected chi connectivity index (χ4v) is 3.46. The number of carbonyl (C=O) groups is 1. The van der Waals surface area contributed by atoms with Crippen molar-refractivity contribution in [2.24, 2.45) is 0 Å².